The Morgan fingerprint density at radius 3 is 1.23 bits per heavy atom. The third kappa shape index (κ3) is 13.5. The normalized spacial score (nSPS) is 12.8. The highest BCUT2D eigenvalue weighted by Gasteiger charge is 2.15. The number of unbranched alkanes of at least 4 members (excludes halogenated alkanes) is 3. The number of hydrogen-bond acceptors (Lipinski definition) is 2. The number of likely N-dealkylation sites (N-methyl/N-ethyl adjacent to an activating group) is 2. The Balaban J connectivity index is 3.59. The molecule has 0 aliphatic rings. The Kier molecular flexibility index (Phi) is 12.2. The molecule has 0 unspecified atom stereocenters. The third-order valence-electron chi connectivity index (χ3n) is 4.37. The second kappa shape index (κ2) is 12.3. The second-order valence-electron chi connectivity index (χ2n) is 7.57. The maximum absolute atomic E-state index is 5.46. The van der Waals surface area contributed by atoms with Gasteiger partial charge in [-0.05, 0) is 39.5 Å². The summed E-state index contributed by atoms with van der Waals surface area (Å²) in [4.78, 5) is 0. The van der Waals surface area contributed by atoms with Gasteiger partial charge in [0.2, 0.25) is 0 Å². The van der Waals surface area contributed by atoms with Gasteiger partial charge in [-0.25, -0.2) is 0 Å². The summed E-state index contributed by atoms with van der Waals surface area (Å²) in [6, 6.07) is 0. The largest absolute Gasteiger partial charge is 0.376 e. The van der Waals surface area contributed by atoms with E-state index in [2.05, 4.69) is 42.0 Å². The first-order chi connectivity index (χ1) is 10.3. The minimum Gasteiger partial charge on any atom is -0.376 e. The molecule has 0 aliphatic heterocycles. The van der Waals surface area contributed by atoms with Crippen LogP contribution in [0.4, 0.5) is 0 Å². The number of rotatable bonds is 15. The van der Waals surface area contributed by atoms with Crippen molar-refractivity contribution in [3.63, 3.8) is 0 Å². The van der Waals surface area contributed by atoms with Gasteiger partial charge < -0.3 is 18.4 Å². The van der Waals surface area contributed by atoms with E-state index in [9.17, 15) is 0 Å². The van der Waals surface area contributed by atoms with Crippen LogP contribution in [0.25, 0.3) is 0 Å². The summed E-state index contributed by atoms with van der Waals surface area (Å²) in [5.74, 6) is 0. The zero-order valence-corrected chi connectivity index (χ0v) is 16.2. The highest BCUT2D eigenvalue weighted by molar-refractivity contribution is 4.45. The minimum atomic E-state index is 0.831. The van der Waals surface area contributed by atoms with E-state index < -0.39 is 0 Å². The quantitative estimate of drug-likeness (QED) is 0.341. The lowest BCUT2D eigenvalue weighted by Crippen LogP contribution is -2.43. The van der Waals surface area contributed by atoms with E-state index in [1.165, 1.54) is 38.8 Å². The predicted octanol–water partition coefficient (Wildman–Crippen LogP) is 2.77. The van der Waals surface area contributed by atoms with Crippen LogP contribution in [0.1, 0.15) is 39.5 Å². The van der Waals surface area contributed by atoms with Crippen molar-refractivity contribution in [2.24, 2.45) is 0 Å². The van der Waals surface area contributed by atoms with E-state index in [1.54, 1.807) is 0 Å². The molecule has 0 saturated heterocycles. The van der Waals surface area contributed by atoms with Crippen LogP contribution in [0.5, 0.6) is 0 Å². The molecule has 0 aliphatic carbocycles. The van der Waals surface area contributed by atoms with Gasteiger partial charge in [-0.1, -0.05) is 0 Å². The van der Waals surface area contributed by atoms with Crippen LogP contribution >= 0.6 is 0 Å². The lowest BCUT2D eigenvalue weighted by atomic mass is 10.1. The highest BCUT2D eigenvalue weighted by Crippen LogP contribution is 2.08. The van der Waals surface area contributed by atoms with Crippen molar-refractivity contribution >= 4 is 0 Å². The fraction of sp³-hybridized carbons (Fsp3) is 1.00. The van der Waals surface area contributed by atoms with Crippen LogP contribution in [0.3, 0.4) is 0 Å². The minimum absolute atomic E-state index is 0.831. The van der Waals surface area contributed by atoms with Crippen molar-refractivity contribution in [2.45, 2.75) is 39.5 Å². The van der Waals surface area contributed by atoms with E-state index in [1.807, 2.05) is 0 Å². The summed E-state index contributed by atoms with van der Waals surface area (Å²) in [7, 11) is 9.25. The lowest BCUT2D eigenvalue weighted by Gasteiger charge is -2.30. The van der Waals surface area contributed by atoms with Crippen molar-refractivity contribution in [3.8, 4) is 0 Å². The molecule has 0 aromatic heterocycles. The molecule has 4 heteroatoms. The van der Waals surface area contributed by atoms with Gasteiger partial charge >= 0.3 is 0 Å². The molecule has 22 heavy (non-hydrogen) atoms. The monoisotopic (exact) mass is 318 g/mol. The van der Waals surface area contributed by atoms with E-state index in [0.29, 0.717) is 0 Å². The molecule has 4 nitrogen and oxygen atoms in total. The molecule has 134 valence electrons. The standard InChI is InChI=1S/C18H42N2O2/c1-7-21-17-15-19(3,4)13-11-9-10-12-14-20(5,6)16-18-22-8-2/h7-18H2,1-6H3/q+2. The van der Waals surface area contributed by atoms with Crippen LogP contribution in [-0.2, 0) is 9.47 Å². The first-order valence-electron chi connectivity index (χ1n) is 9.12. The van der Waals surface area contributed by atoms with Gasteiger partial charge in [0.05, 0.1) is 54.5 Å². The third-order valence-corrected chi connectivity index (χ3v) is 4.37. The van der Waals surface area contributed by atoms with E-state index in [-0.39, 0.29) is 0 Å². The van der Waals surface area contributed by atoms with Gasteiger partial charge in [-0.2, -0.15) is 0 Å². The average molecular weight is 319 g/mol. The van der Waals surface area contributed by atoms with Gasteiger partial charge in [0.1, 0.15) is 13.1 Å². The molecule has 0 atom stereocenters. The molecule has 0 saturated carbocycles. The van der Waals surface area contributed by atoms with Crippen LogP contribution in [-0.4, -0.2) is 89.8 Å². The van der Waals surface area contributed by atoms with Crippen LogP contribution in [0, 0.1) is 0 Å². The molecule has 0 bridgehead atoms. The zero-order valence-electron chi connectivity index (χ0n) is 16.2. The summed E-state index contributed by atoms with van der Waals surface area (Å²) in [6.45, 7) is 12.3. The SMILES string of the molecule is CCOCC[N+](C)(C)CCCCCC[N+](C)(C)CCOCC. The van der Waals surface area contributed by atoms with Gasteiger partial charge in [-0.3, -0.25) is 0 Å². The van der Waals surface area contributed by atoms with E-state index >= 15 is 0 Å². The molecule has 0 fully saturated rings. The average Bonchev–Trinajstić information content (AvgIpc) is 2.43. The topological polar surface area (TPSA) is 18.5 Å². The summed E-state index contributed by atoms with van der Waals surface area (Å²) >= 11 is 0. The van der Waals surface area contributed by atoms with Crippen LogP contribution < -0.4 is 0 Å². The Hall–Kier alpha value is -0.160. The van der Waals surface area contributed by atoms with E-state index in [4.69, 9.17) is 9.47 Å². The zero-order chi connectivity index (χ0) is 16.9. The Morgan fingerprint density at radius 2 is 0.909 bits per heavy atom. The van der Waals surface area contributed by atoms with Crippen molar-refractivity contribution in [2.75, 3.05) is 80.8 Å². The molecule has 0 radical (unpaired) electrons. The van der Waals surface area contributed by atoms with Gasteiger partial charge in [-0.15, -0.1) is 0 Å². The fourth-order valence-electron chi connectivity index (χ4n) is 2.57. The Bertz CT molecular complexity index is 229. The second-order valence-corrected chi connectivity index (χ2v) is 7.57. The summed E-state index contributed by atoms with van der Waals surface area (Å²) in [5.41, 5.74) is 0. The molecule has 0 spiro atoms. The smallest absolute Gasteiger partial charge is 0.102 e. The summed E-state index contributed by atoms with van der Waals surface area (Å²) in [5, 5.41) is 0. The van der Waals surface area contributed by atoms with Crippen molar-refractivity contribution in [1.29, 1.82) is 0 Å². The molecule has 0 heterocycles. The maximum Gasteiger partial charge on any atom is 0.102 e. The molecule has 0 N–H and O–H groups in total. The molecule has 0 rings (SSSR count). The lowest BCUT2D eigenvalue weighted by molar-refractivity contribution is -0.891. The van der Waals surface area contributed by atoms with Gasteiger partial charge in [0.15, 0.2) is 0 Å². The number of hydrogen-bond donors (Lipinski definition) is 0. The molecule has 0 aromatic rings. The summed E-state index contributed by atoms with van der Waals surface area (Å²) < 4.78 is 13.1. The van der Waals surface area contributed by atoms with Crippen molar-refractivity contribution in [3.05, 3.63) is 0 Å². The number of quaternary nitrogens is 2. The first-order valence-corrected chi connectivity index (χ1v) is 9.12. The molecule has 0 aromatic carbocycles. The number of ether oxygens (including phenoxy) is 2. The number of nitrogens with zero attached hydrogens (tertiary/aromatic N) is 2. The van der Waals surface area contributed by atoms with Crippen LogP contribution in [0.2, 0.25) is 0 Å². The van der Waals surface area contributed by atoms with Gasteiger partial charge in [0, 0.05) is 13.2 Å². The molecular formula is C18H42N2O2+2. The van der Waals surface area contributed by atoms with Crippen LogP contribution in [0.15, 0.2) is 0 Å². The fourth-order valence-corrected chi connectivity index (χ4v) is 2.57. The van der Waals surface area contributed by atoms with Crippen molar-refractivity contribution < 1.29 is 18.4 Å². The summed E-state index contributed by atoms with van der Waals surface area (Å²) in [6.07, 6.45) is 5.35. The van der Waals surface area contributed by atoms with Crippen molar-refractivity contribution in [1.82, 2.24) is 0 Å². The Morgan fingerprint density at radius 1 is 0.545 bits per heavy atom. The highest BCUT2D eigenvalue weighted by atomic mass is 16.5. The van der Waals surface area contributed by atoms with Gasteiger partial charge in [0.25, 0.3) is 0 Å². The Labute approximate surface area is 139 Å². The molecular weight excluding hydrogens is 276 g/mol. The maximum atomic E-state index is 5.46. The van der Waals surface area contributed by atoms with E-state index in [0.717, 1.165) is 48.5 Å². The predicted molar refractivity (Wildman–Crippen MR) is 95.1 cm³/mol. The first kappa shape index (κ1) is 21.8. The molecule has 0 amide bonds.